The van der Waals surface area contributed by atoms with E-state index in [4.69, 9.17) is 4.74 Å². The number of carbonyl (C=O) groups is 1. The van der Waals surface area contributed by atoms with Crippen molar-refractivity contribution in [3.8, 4) is 5.75 Å². The zero-order valence-electron chi connectivity index (χ0n) is 13.4. The van der Waals surface area contributed by atoms with Crippen molar-refractivity contribution < 1.29 is 9.53 Å². The summed E-state index contributed by atoms with van der Waals surface area (Å²) in [6, 6.07) is 9.28. The third-order valence-corrected chi connectivity index (χ3v) is 3.33. The molecule has 1 amide bonds. The Balaban J connectivity index is 1.74. The van der Waals surface area contributed by atoms with Gasteiger partial charge in [0.1, 0.15) is 5.75 Å². The summed E-state index contributed by atoms with van der Waals surface area (Å²) in [6.45, 7) is 4.67. The number of aryl methyl sites for hydroxylation is 2. The fourth-order valence-corrected chi connectivity index (χ4v) is 2.11. The van der Waals surface area contributed by atoms with E-state index >= 15 is 0 Å². The molecule has 0 bridgehead atoms. The van der Waals surface area contributed by atoms with Crippen LogP contribution in [0.25, 0.3) is 0 Å². The normalized spacial score (nSPS) is 11.7. The number of rotatable bonds is 7. The summed E-state index contributed by atoms with van der Waals surface area (Å²) in [4.78, 5) is 27.1. The van der Waals surface area contributed by atoms with E-state index in [-0.39, 0.29) is 11.6 Å². The van der Waals surface area contributed by atoms with Gasteiger partial charge in [0.15, 0.2) is 6.10 Å². The Morgan fingerprint density at radius 1 is 1.39 bits per heavy atom. The summed E-state index contributed by atoms with van der Waals surface area (Å²) in [5, 5.41) is 2.81. The quantitative estimate of drug-likeness (QED) is 0.786. The number of nitrogens with zero attached hydrogens (tertiary/aromatic N) is 2. The monoisotopic (exact) mass is 315 g/mol. The van der Waals surface area contributed by atoms with Gasteiger partial charge in [-0.1, -0.05) is 12.1 Å². The van der Waals surface area contributed by atoms with Crippen LogP contribution in [0.15, 0.2) is 47.5 Å². The molecule has 6 heteroatoms. The van der Waals surface area contributed by atoms with Gasteiger partial charge >= 0.3 is 5.69 Å². The first-order valence-corrected chi connectivity index (χ1v) is 7.59. The van der Waals surface area contributed by atoms with E-state index in [9.17, 15) is 9.59 Å². The molecule has 1 aromatic carbocycles. The van der Waals surface area contributed by atoms with Gasteiger partial charge < -0.3 is 10.1 Å². The Kier molecular flexibility index (Phi) is 5.91. The van der Waals surface area contributed by atoms with E-state index in [1.54, 1.807) is 19.2 Å². The highest BCUT2D eigenvalue weighted by Crippen LogP contribution is 2.14. The topological polar surface area (TPSA) is 73.2 Å². The first-order chi connectivity index (χ1) is 11.1. The minimum atomic E-state index is -0.571. The maximum atomic E-state index is 12.0. The van der Waals surface area contributed by atoms with Crippen LogP contribution in [0, 0.1) is 6.92 Å². The zero-order valence-corrected chi connectivity index (χ0v) is 13.4. The Labute approximate surface area is 135 Å². The SMILES string of the molecule is Cc1cccc(O[C@H](C)C(=O)NCCCn2cccnc2=O)c1. The van der Waals surface area contributed by atoms with Crippen LogP contribution in [0.5, 0.6) is 5.75 Å². The lowest BCUT2D eigenvalue weighted by molar-refractivity contribution is -0.127. The van der Waals surface area contributed by atoms with Gasteiger partial charge in [-0.3, -0.25) is 9.36 Å². The van der Waals surface area contributed by atoms with Crippen molar-refractivity contribution in [2.45, 2.75) is 32.9 Å². The minimum Gasteiger partial charge on any atom is -0.481 e. The van der Waals surface area contributed by atoms with E-state index in [0.717, 1.165) is 5.56 Å². The third kappa shape index (κ3) is 5.25. The van der Waals surface area contributed by atoms with E-state index in [0.29, 0.717) is 25.3 Å². The summed E-state index contributed by atoms with van der Waals surface area (Å²) in [5.41, 5.74) is 0.798. The molecule has 0 unspecified atom stereocenters. The highest BCUT2D eigenvalue weighted by molar-refractivity contribution is 5.80. The van der Waals surface area contributed by atoms with Crippen molar-refractivity contribution in [2.75, 3.05) is 6.54 Å². The predicted octanol–water partition coefficient (Wildman–Crippen LogP) is 1.53. The summed E-state index contributed by atoms with van der Waals surface area (Å²) in [7, 11) is 0. The number of ether oxygens (including phenoxy) is 1. The zero-order chi connectivity index (χ0) is 16.7. The third-order valence-electron chi connectivity index (χ3n) is 3.33. The predicted molar refractivity (Wildman–Crippen MR) is 87.4 cm³/mol. The maximum absolute atomic E-state index is 12.0. The highest BCUT2D eigenvalue weighted by Gasteiger charge is 2.13. The van der Waals surface area contributed by atoms with Crippen molar-refractivity contribution in [3.63, 3.8) is 0 Å². The van der Waals surface area contributed by atoms with Crippen LogP contribution in [-0.2, 0) is 11.3 Å². The average Bonchev–Trinajstić information content (AvgIpc) is 2.53. The number of carbonyl (C=O) groups excluding carboxylic acids is 1. The molecule has 0 aliphatic heterocycles. The van der Waals surface area contributed by atoms with Crippen LogP contribution in [0.1, 0.15) is 18.9 Å². The number of benzene rings is 1. The largest absolute Gasteiger partial charge is 0.481 e. The molecule has 0 spiro atoms. The van der Waals surface area contributed by atoms with Gasteiger partial charge in [-0.25, -0.2) is 9.78 Å². The van der Waals surface area contributed by atoms with E-state index in [1.165, 1.54) is 10.8 Å². The number of hydrogen-bond acceptors (Lipinski definition) is 4. The van der Waals surface area contributed by atoms with Gasteiger partial charge in [0.25, 0.3) is 5.91 Å². The summed E-state index contributed by atoms with van der Waals surface area (Å²) in [5.74, 6) is 0.500. The Bertz CT molecular complexity index is 712. The molecule has 0 saturated carbocycles. The second-order valence-corrected chi connectivity index (χ2v) is 5.32. The number of aromatic nitrogens is 2. The molecule has 0 radical (unpaired) electrons. The Morgan fingerprint density at radius 2 is 2.22 bits per heavy atom. The molecule has 2 rings (SSSR count). The maximum Gasteiger partial charge on any atom is 0.347 e. The van der Waals surface area contributed by atoms with Crippen LogP contribution < -0.4 is 15.7 Å². The molecular weight excluding hydrogens is 294 g/mol. The number of amides is 1. The van der Waals surface area contributed by atoms with Crippen LogP contribution in [0.2, 0.25) is 0 Å². The molecule has 0 aliphatic rings. The van der Waals surface area contributed by atoms with Gasteiger partial charge in [0.05, 0.1) is 0 Å². The highest BCUT2D eigenvalue weighted by atomic mass is 16.5. The van der Waals surface area contributed by atoms with Crippen molar-refractivity contribution in [2.24, 2.45) is 0 Å². The summed E-state index contributed by atoms with van der Waals surface area (Å²) in [6.07, 6.45) is 3.22. The second kappa shape index (κ2) is 8.12. The molecule has 1 heterocycles. The lowest BCUT2D eigenvalue weighted by atomic mass is 10.2. The smallest absolute Gasteiger partial charge is 0.347 e. The molecule has 1 N–H and O–H groups in total. The van der Waals surface area contributed by atoms with Crippen LogP contribution in [0.3, 0.4) is 0 Å². The summed E-state index contributed by atoms with van der Waals surface area (Å²) >= 11 is 0. The molecule has 0 aliphatic carbocycles. The molecule has 1 aromatic heterocycles. The van der Waals surface area contributed by atoms with Crippen LogP contribution in [0.4, 0.5) is 0 Å². The van der Waals surface area contributed by atoms with Crippen molar-refractivity contribution in [1.29, 1.82) is 0 Å². The van der Waals surface area contributed by atoms with Crippen molar-refractivity contribution >= 4 is 5.91 Å². The summed E-state index contributed by atoms with van der Waals surface area (Å²) < 4.78 is 7.13. The Morgan fingerprint density at radius 3 is 2.96 bits per heavy atom. The molecule has 0 fully saturated rings. The van der Waals surface area contributed by atoms with Crippen LogP contribution in [-0.4, -0.2) is 28.1 Å². The fourth-order valence-electron chi connectivity index (χ4n) is 2.11. The number of hydrogen-bond donors (Lipinski definition) is 1. The average molecular weight is 315 g/mol. The fraction of sp³-hybridized carbons (Fsp3) is 0.353. The van der Waals surface area contributed by atoms with Gasteiger partial charge in [-0.05, 0) is 44.0 Å². The lowest BCUT2D eigenvalue weighted by Gasteiger charge is -2.15. The molecule has 2 aromatic rings. The molecular formula is C17H21N3O3. The van der Waals surface area contributed by atoms with E-state index in [1.807, 2.05) is 31.2 Å². The first-order valence-electron chi connectivity index (χ1n) is 7.59. The van der Waals surface area contributed by atoms with Gasteiger partial charge in [0.2, 0.25) is 0 Å². The Hall–Kier alpha value is -2.63. The van der Waals surface area contributed by atoms with Crippen LogP contribution >= 0.6 is 0 Å². The second-order valence-electron chi connectivity index (χ2n) is 5.32. The standard InChI is InChI=1S/C17H21N3O3/c1-13-6-3-7-15(12-13)23-14(2)16(21)18-8-4-10-20-11-5-9-19-17(20)22/h3,5-7,9,11-12,14H,4,8,10H2,1-2H3,(H,18,21)/t14-/m1/s1. The van der Waals surface area contributed by atoms with Gasteiger partial charge in [-0.15, -0.1) is 0 Å². The van der Waals surface area contributed by atoms with E-state index in [2.05, 4.69) is 10.3 Å². The molecule has 1 atom stereocenters. The van der Waals surface area contributed by atoms with Gasteiger partial charge in [0, 0.05) is 25.5 Å². The van der Waals surface area contributed by atoms with Crippen molar-refractivity contribution in [3.05, 3.63) is 58.8 Å². The molecule has 0 saturated heterocycles. The number of nitrogens with one attached hydrogen (secondary N) is 1. The van der Waals surface area contributed by atoms with Gasteiger partial charge in [-0.2, -0.15) is 0 Å². The molecule has 6 nitrogen and oxygen atoms in total. The molecule has 23 heavy (non-hydrogen) atoms. The lowest BCUT2D eigenvalue weighted by Crippen LogP contribution is -2.37. The van der Waals surface area contributed by atoms with E-state index < -0.39 is 6.10 Å². The van der Waals surface area contributed by atoms with Crippen molar-refractivity contribution in [1.82, 2.24) is 14.9 Å². The first kappa shape index (κ1) is 16.7. The molecule has 122 valence electrons. The minimum absolute atomic E-state index is 0.176.